The molecule has 0 bridgehead atoms. The molecule has 5 nitrogen and oxygen atoms in total. The van der Waals surface area contributed by atoms with E-state index in [1.807, 2.05) is 91.0 Å². The second kappa shape index (κ2) is 13.4. The third-order valence-corrected chi connectivity index (χ3v) is 8.89. The van der Waals surface area contributed by atoms with Gasteiger partial charge in [0.05, 0.1) is 12.1 Å². The van der Waals surface area contributed by atoms with Crippen molar-refractivity contribution in [1.29, 1.82) is 0 Å². The number of fused-ring (bicyclic) bond motifs is 4. The van der Waals surface area contributed by atoms with E-state index in [2.05, 4.69) is 90.0 Å². The summed E-state index contributed by atoms with van der Waals surface area (Å²) in [5.74, 6) is 2.46. The number of hydrogen-bond acceptors (Lipinski definition) is 2. The van der Waals surface area contributed by atoms with Gasteiger partial charge in [0.2, 0.25) is 5.88 Å². The van der Waals surface area contributed by atoms with Gasteiger partial charge in [0, 0.05) is 33.3 Å². The molecular formula is C45H34N4O. The minimum atomic E-state index is 0.388. The van der Waals surface area contributed by atoms with Gasteiger partial charge in [0.1, 0.15) is 11.6 Å². The van der Waals surface area contributed by atoms with Crippen LogP contribution in [0.4, 0.5) is 0 Å². The maximum absolute atomic E-state index is 6.80. The van der Waals surface area contributed by atoms with Gasteiger partial charge in [-0.05, 0) is 70.8 Å². The Hall–Kier alpha value is -6.72. The monoisotopic (exact) mass is 646 g/mol. The van der Waals surface area contributed by atoms with Crippen molar-refractivity contribution in [2.24, 2.45) is 15.7 Å². The summed E-state index contributed by atoms with van der Waals surface area (Å²) in [7, 11) is 0. The predicted octanol–water partition coefficient (Wildman–Crippen LogP) is 10.5. The van der Waals surface area contributed by atoms with Crippen molar-refractivity contribution in [1.82, 2.24) is 4.57 Å². The zero-order chi connectivity index (χ0) is 33.9. The van der Waals surface area contributed by atoms with E-state index in [1.165, 1.54) is 0 Å². The zero-order valence-corrected chi connectivity index (χ0v) is 27.4. The number of allylic oxidation sites excluding steroid dienone is 2. The van der Waals surface area contributed by atoms with Crippen LogP contribution in [-0.2, 0) is 6.54 Å². The van der Waals surface area contributed by atoms with Crippen LogP contribution in [0.25, 0.3) is 39.4 Å². The van der Waals surface area contributed by atoms with Crippen LogP contribution in [0.3, 0.4) is 0 Å². The third-order valence-electron chi connectivity index (χ3n) is 8.89. The molecule has 50 heavy (non-hydrogen) atoms. The van der Waals surface area contributed by atoms with Gasteiger partial charge in [-0.2, -0.15) is 0 Å². The normalized spacial score (nSPS) is 13.6. The van der Waals surface area contributed by atoms with Gasteiger partial charge in [0.15, 0.2) is 5.84 Å². The Morgan fingerprint density at radius 2 is 1.34 bits per heavy atom. The number of amidine groups is 2. The Kier molecular flexibility index (Phi) is 8.21. The molecule has 1 aliphatic rings. The van der Waals surface area contributed by atoms with E-state index < -0.39 is 0 Å². The Balaban J connectivity index is 1.22. The first kappa shape index (κ1) is 30.6. The predicted molar refractivity (Wildman–Crippen MR) is 207 cm³/mol. The van der Waals surface area contributed by atoms with Gasteiger partial charge in [-0.3, -0.25) is 9.56 Å². The fourth-order valence-corrected chi connectivity index (χ4v) is 6.31. The molecule has 7 aromatic rings. The summed E-state index contributed by atoms with van der Waals surface area (Å²) in [6.45, 7) is 4.83. The molecule has 0 amide bonds. The van der Waals surface area contributed by atoms with Crippen LogP contribution in [0.2, 0.25) is 0 Å². The van der Waals surface area contributed by atoms with E-state index in [1.54, 1.807) is 0 Å². The minimum absolute atomic E-state index is 0.388. The maximum Gasteiger partial charge on any atom is 0.213 e. The summed E-state index contributed by atoms with van der Waals surface area (Å²) in [6.07, 6.45) is 4.18. The van der Waals surface area contributed by atoms with Crippen LogP contribution < -0.4 is 10.5 Å². The fourth-order valence-electron chi connectivity index (χ4n) is 6.31. The number of rotatable bonds is 6. The highest BCUT2D eigenvalue weighted by Gasteiger charge is 2.23. The van der Waals surface area contributed by atoms with E-state index in [9.17, 15) is 0 Å². The summed E-state index contributed by atoms with van der Waals surface area (Å²) in [4.78, 5) is 9.69. The highest BCUT2D eigenvalue weighted by molar-refractivity contribution is 6.11. The minimum Gasteiger partial charge on any atom is -0.439 e. The number of aliphatic imine (C=N–C) groups is 2. The summed E-state index contributed by atoms with van der Waals surface area (Å²) in [5.41, 5.74) is 16.6. The van der Waals surface area contributed by atoms with Crippen LogP contribution in [0.1, 0.15) is 27.8 Å². The van der Waals surface area contributed by atoms with E-state index >= 15 is 0 Å². The molecule has 0 radical (unpaired) electrons. The standard InChI is InChI=1S/C45H34N4O/c1-31-21-27-39-40-29-36(33-15-7-3-8-16-33)24-28-41(40)49(45(39)50-42-20-12-11-19-38(31)42)37-25-22-34(23-26-37)43(46)48-44(35-17-9-4-10-18-35)47-30-32-13-5-2-6-14-32/h2-29H,1,30H2,(H2,46,47,48)/b27-21-. The van der Waals surface area contributed by atoms with Crippen molar-refractivity contribution in [3.05, 3.63) is 198 Å². The lowest BCUT2D eigenvalue weighted by Crippen LogP contribution is -2.16. The molecule has 8 rings (SSSR count). The third kappa shape index (κ3) is 6.04. The van der Waals surface area contributed by atoms with Gasteiger partial charge >= 0.3 is 0 Å². The van der Waals surface area contributed by atoms with Gasteiger partial charge in [-0.1, -0.05) is 128 Å². The summed E-state index contributed by atoms with van der Waals surface area (Å²) < 4.78 is 8.97. The second-order valence-corrected chi connectivity index (χ2v) is 12.1. The van der Waals surface area contributed by atoms with Crippen LogP contribution in [0.5, 0.6) is 11.6 Å². The molecule has 1 aromatic heterocycles. The Morgan fingerprint density at radius 3 is 2.10 bits per heavy atom. The molecular weight excluding hydrogens is 613 g/mol. The lowest BCUT2D eigenvalue weighted by Gasteiger charge is -2.17. The molecule has 240 valence electrons. The number of para-hydroxylation sites is 1. The summed E-state index contributed by atoms with van der Waals surface area (Å²) >= 11 is 0. The van der Waals surface area contributed by atoms with Crippen molar-refractivity contribution < 1.29 is 4.74 Å². The first-order chi connectivity index (χ1) is 24.6. The largest absolute Gasteiger partial charge is 0.439 e. The molecule has 0 saturated heterocycles. The number of nitrogens with two attached hydrogens (primary N) is 1. The molecule has 0 atom stereocenters. The number of benzene rings is 6. The lowest BCUT2D eigenvalue weighted by molar-refractivity contribution is 0.452. The van der Waals surface area contributed by atoms with Crippen molar-refractivity contribution in [2.75, 3.05) is 0 Å². The fraction of sp³-hybridized carbons (Fsp3) is 0.0222. The summed E-state index contributed by atoms with van der Waals surface area (Å²) in [6, 6.07) is 53.2. The molecule has 2 N–H and O–H groups in total. The van der Waals surface area contributed by atoms with Crippen LogP contribution in [0.15, 0.2) is 180 Å². The Labute approximate surface area is 291 Å². The molecule has 0 saturated carbocycles. The topological polar surface area (TPSA) is 64.9 Å². The van der Waals surface area contributed by atoms with Crippen molar-refractivity contribution >= 4 is 34.2 Å². The van der Waals surface area contributed by atoms with Crippen LogP contribution in [-0.4, -0.2) is 16.2 Å². The van der Waals surface area contributed by atoms with Crippen molar-refractivity contribution in [3.8, 4) is 28.4 Å². The Bertz CT molecular complexity index is 2420. The smallest absolute Gasteiger partial charge is 0.213 e. The molecule has 0 aliphatic carbocycles. The van der Waals surface area contributed by atoms with Crippen molar-refractivity contribution in [2.45, 2.75) is 6.54 Å². The Morgan fingerprint density at radius 1 is 0.660 bits per heavy atom. The van der Waals surface area contributed by atoms with Crippen LogP contribution >= 0.6 is 0 Å². The van der Waals surface area contributed by atoms with Gasteiger partial charge in [-0.25, -0.2) is 4.99 Å². The molecule has 0 unspecified atom stereocenters. The molecule has 6 aromatic carbocycles. The zero-order valence-electron chi connectivity index (χ0n) is 27.4. The number of ether oxygens (including phenoxy) is 1. The number of nitrogens with zero attached hydrogens (tertiary/aromatic N) is 3. The lowest BCUT2D eigenvalue weighted by atomic mass is 10.0. The van der Waals surface area contributed by atoms with E-state index in [0.29, 0.717) is 18.2 Å². The summed E-state index contributed by atoms with van der Waals surface area (Å²) in [5, 5.41) is 1.08. The number of hydrogen-bond donors (Lipinski definition) is 1. The van der Waals surface area contributed by atoms with E-state index in [0.717, 1.165) is 72.7 Å². The van der Waals surface area contributed by atoms with Gasteiger partial charge in [-0.15, -0.1) is 0 Å². The molecule has 0 fully saturated rings. The molecule has 2 heterocycles. The average Bonchev–Trinajstić information content (AvgIpc) is 3.47. The van der Waals surface area contributed by atoms with Gasteiger partial charge in [0.25, 0.3) is 0 Å². The average molecular weight is 647 g/mol. The first-order valence-electron chi connectivity index (χ1n) is 16.6. The SMILES string of the molecule is C=C1/C=C\c2c(n(-c3ccc(/C(N)=N/C(=N\Cc4ccccc4)c4ccccc4)cc3)c3ccc(-c4ccccc4)cc23)Oc2ccccc21. The number of aromatic nitrogens is 1. The highest BCUT2D eigenvalue weighted by atomic mass is 16.5. The maximum atomic E-state index is 6.80. The molecule has 5 heteroatoms. The molecule has 1 aliphatic heterocycles. The van der Waals surface area contributed by atoms with Crippen molar-refractivity contribution in [3.63, 3.8) is 0 Å². The first-order valence-corrected chi connectivity index (χ1v) is 16.6. The molecule has 0 spiro atoms. The quantitative estimate of drug-likeness (QED) is 0.144. The van der Waals surface area contributed by atoms with Crippen LogP contribution in [0, 0.1) is 0 Å². The second-order valence-electron chi connectivity index (χ2n) is 12.1. The van der Waals surface area contributed by atoms with Gasteiger partial charge < -0.3 is 10.5 Å². The van der Waals surface area contributed by atoms with E-state index in [4.69, 9.17) is 20.5 Å². The highest BCUT2D eigenvalue weighted by Crippen LogP contribution is 2.43. The van der Waals surface area contributed by atoms with E-state index in [-0.39, 0.29) is 0 Å².